The molecule has 1 atom stereocenters. The van der Waals surface area contributed by atoms with Crippen LogP contribution >= 0.6 is 11.8 Å². The number of alkyl halides is 2. The number of aromatic nitrogens is 2. The lowest BCUT2D eigenvalue weighted by atomic mass is 9.95. The van der Waals surface area contributed by atoms with Crippen molar-refractivity contribution in [3.8, 4) is 11.5 Å². The number of benzene rings is 1. The number of thioether (sulfide) groups is 1. The van der Waals surface area contributed by atoms with Crippen molar-refractivity contribution in [3.05, 3.63) is 45.4 Å². The molecule has 0 radical (unpaired) electrons. The third kappa shape index (κ3) is 5.96. The van der Waals surface area contributed by atoms with Crippen LogP contribution in [0.4, 0.5) is 8.78 Å². The van der Waals surface area contributed by atoms with E-state index in [-0.39, 0.29) is 47.6 Å². The van der Waals surface area contributed by atoms with Gasteiger partial charge in [0.2, 0.25) is 5.91 Å². The van der Waals surface area contributed by atoms with Crippen LogP contribution in [-0.4, -0.2) is 34.8 Å². The highest BCUT2D eigenvalue weighted by atomic mass is 32.2. The molecule has 2 heterocycles. The van der Waals surface area contributed by atoms with E-state index in [0.29, 0.717) is 36.0 Å². The third-order valence-corrected chi connectivity index (χ3v) is 5.51. The van der Waals surface area contributed by atoms with Gasteiger partial charge in [-0.15, -0.1) is 0 Å². The molecule has 7 nitrogen and oxygen atoms in total. The number of rotatable bonds is 8. The number of ether oxygens (including phenoxy) is 2. The summed E-state index contributed by atoms with van der Waals surface area (Å²) < 4.78 is 36.2. The molecule has 168 valence electrons. The number of fused-ring (bicyclic) bond motifs is 1. The second-order valence-corrected chi connectivity index (χ2v) is 8.48. The minimum Gasteiger partial charge on any atom is -0.486 e. The number of nitrogens with one attached hydrogen (secondary N) is 2. The Labute approximate surface area is 182 Å². The van der Waals surface area contributed by atoms with Gasteiger partial charge in [-0.3, -0.25) is 9.59 Å². The number of amides is 1. The number of aryl methyl sites for hydroxylation is 1. The molecule has 0 fully saturated rings. The Morgan fingerprint density at radius 3 is 2.61 bits per heavy atom. The molecular weight excluding hydrogens is 428 g/mol. The maximum atomic E-state index is 12.6. The Bertz CT molecular complexity index is 997. The second kappa shape index (κ2) is 10.1. The molecule has 1 unspecified atom stereocenters. The first kappa shape index (κ1) is 23.1. The average molecular weight is 454 g/mol. The number of hydrogen-bond acceptors (Lipinski definition) is 6. The van der Waals surface area contributed by atoms with E-state index in [1.807, 2.05) is 32.0 Å². The van der Waals surface area contributed by atoms with Crippen LogP contribution in [0.2, 0.25) is 0 Å². The Hall–Kier alpha value is -2.62. The molecule has 0 spiro atoms. The number of halogens is 2. The van der Waals surface area contributed by atoms with Crippen LogP contribution in [0.15, 0.2) is 28.2 Å². The third-order valence-electron chi connectivity index (χ3n) is 4.91. The van der Waals surface area contributed by atoms with Gasteiger partial charge in [-0.05, 0) is 48.7 Å². The lowest BCUT2D eigenvalue weighted by Gasteiger charge is -2.25. The highest BCUT2D eigenvalue weighted by Crippen LogP contribution is 2.34. The minimum absolute atomic E-state index is 0.0701. The Morgan fingerprint density at radius 1 is 1.26 bits per heavy atom. The van der Waals surface area contributed by atoms with Crippen LogP contribution in [0, 0.1) is 12.8 Å². The molecule has 0 bridgehead atoms. The average Bonchev–Trinajstić information content (AvgIpc) is 2.70. The first-order valence-electron chi connectivity index (χ1n) is 9.98. The SMILES string of the molecule is Cc1nc(SC(F)F)[nH]c(=O)c1CCC(=O)NC(c1ccc2c(c1)OCCO2)C(C)C. The number of H-pyrrole nitrogens is 1. The number of carbonyl (C=O) groups is 1. The smallest absolute Gasteiger partial charge is 0.291 e. The predicted molar refractivity (Wildman–Crippen MR) is 113 cm³/mol. The summed E-state index contributed by atoms with van der Waals surface area (Å²) in [4.78, 5) is 31.2. The molecule has 1 aromatic heterocycles. The standard InChI is InChI=1S/C21H25F2N3O4S/c1-11(2)18(13-4-6-15-16(10-13)30-9-8-29-15)25-17(27)7-5-14-12(3)24-21(26-19(14)28)31-20(22)23/h4,6,10-11,18,20H,5,7-9H2,1-3H3,(H,25,27)(H,24,26,28). The minimum atomic E-state index is -2.67. The van der Waals surface area contributed by atoms with Crippen molar-refractivity contribution in [1.29, 1.82) is 0 Å². The summed E-state index contributed by atoms with van der Waals surface area (Å²) in [5.74, 6) is -1.45. The van der Waals surface area contributed by atoms with E-state index in [1.165, 1.54) is 0 Å². The van der Waals surface area contributed by atoms with Crippen LogP contribution in [0.25, 0.3) is 0 Å². The zero-order valence-electron chi connectivity index (χ0n) is 17.5. The van der Waals surface area contributed by atoms with Gasteiger partial charge in [0.15, 0.2) is 16.7 Å². The largest absolute Gasteiger partial charge is 0.486 e. The zero-order valence-corrected chi connectivity index (χ0v) is 18.4. The maximum absolute atomic E-state index is 12.6. The fourth-order valence-electron chi connectivity index (χ4n) is 3.39. The topological polar surface area (TPSA) is 93.3 Å². The van der Waals surface area contributed by atoms with Crippen molar-refractivity contribution in [3.63, 3.8) is 0 Å². The first-order valence-corrected chi connectivity index (χ1v) is 10.9. The lowest BCUT2D eigenvalue weighted by Crippen LogP contribution is -2.32. The van der Waals surface area contributed by atoms with Gasteiger partial charge in [0.25, 0.3) is 11.3 Å². The van der Waals surface area contributed by atoms with Crippen LogP contribution in [-0.2, 0) is 11.2 Å². The summed E-state index contributed by atoms with van der Waals surface area (Å²) in [7, 11) is 0. The van der Waals surface area contributed by atoms with Crippen molar-refractivity contribution in [2.75, 3.05) is 13.2 Å². The van der Waals surface area contributed by atoms with Crippen LogP contribution < -0.4 is 20.3 Å². The normalized spacial score (nSPS) is 14.0. The molecule has 1 aliphatic rings. The molecule has 1 amide bonds. The van der Waals surface area contributed by atoms with Crippen LogP contribution in [0.5, 0.6) is 11.5 Å². The molecule has 0 aliphatic carbocycles. The van der Waals surface area contributed by atoms with Crippen molar-refractivity contribution < 1.29 is 23.0 Å². The number of aromatic amines is 1. The summed E-state index contributed by atoms with van der Waals surface area (Å²) in [5.41, 5.74) is 1.05. The molecule has 10 heteroatoms. The van der Waals surface area contributed by atoms with Crippen molar-refractivity contribution in [2.45, 2.75) is 50.6 Å². The lowest BCUT2D eigenvalue weighted by molar-refractivity contribution is -0.122. The number of nitrogens with zero attached hydrogens (tertiary/aromatic N) is 1. The van der Waals surface area contributed by atoms with Gasteiger partial charge < -0.3 is 19.8 Å². The molecule has 0 saturated carbocycles. The Morgan fingerprint density at radius 2 is 1.97 bits per heavy atom. The fourth-order valence-corrected chi connectivity index (χ4v) is 3.90. The summed E-state index contributed by atoms with van der Waals surface area (Å²) in [6, 6.07) is 5.36. The van der Waals surface area contributed by atoms with Gasteiger partial charge in [0.1, 0.15) is 13.2 Å². The summed E-state index contributed by atoms with van der Waals surface area (Å²) >= 11 is 0.180. The van der Waals surface area contributed by atoms with Crippen LogP contribution in [0.1, 0.15) is 43.1 Å². The monoisotopic (exact) mass is 453 g/mol. The molecule has 3 rings (SSSR count). The van der Waals surface area contributed by atoms with E-state index in [1.54, 1.807) is 6.92 Å². The fraction of sp³-hybridized carbons (Fsp3) is 0.476. The molecule has 31 heavy (non-hydrogen) atoms. The van der Waals surface area contributed by atoms with Gasteiger partial charge in [0.05, 0.1) is 6.04 Å². The van der Waals surface area contributed by atoms with Gasteiger partial charge in [-0.2, -0.15) is 8.78 Å². The first-order chi connectivity index (χ1) is 14.7. The van der Waals surface area contributed by atoms with E-state index in [9.17, 15) is 18.4 Å². The summed E-state index contributed by atoms with van der Waals surface area (Å²) in [6.07, 6.45) is 0.228. The van der Waals surface area contributed by atoms with E-state index >= 15 is 0 Å². The maximum Gasteiger partial charge on any atom is 0.291 e. The highest BCUT2D eigenvalue weighted by Gasteiger charge is 2.22. The number of carbonyl (C=O) groups excluding carboxylic acids is 1. The zero-order chi connectivity index (χ0) is 22.5. The molecule has 0 saturated heterocycles. The van der Waals surface area contributed by atoms with E-state index in [4.69, 9.17) is 9.47 Å². The van der Waals surface area contributed by atoms with Crippen LogP contribution in [0.3, 0.4) is 0 Å². The molecule has 2 aromatic rings. The predicted octanol–water partition coefficient (Wildman–Crippen LogP) is 3.61. The van der Waals surface area contributed by atoms with Gasteiger partial charge >= 0.3 is 0 Å². The highest BCUT2D eigenvalue weighted by molar-refractivity contribution is 7.99. The van der Waals surface area contributed by atoms with Crippen molar-refractivity contribution in [1.82, 2.24) is 15.3 Å². The van der Waals surface area contributed by atoms with Gasteiger partial charge in [0, 0.05) is 17.7 Å². The molecule has 1 aliphatic heterocycles. The molecule has 2 N–H and O–H groups in total. The quantitative estimate of drug-likeness (QED) is 0.469. The molecule has 1 aromatic carbocycles. The Balaban J connectivity index is 1.67. The summed E-state index contributed by atoms with van der Waals surface area (Å²) in [5, 5.41) is 2.88. The van der Waals surface area contributed by atoms with Gasteiger partial charge in [-0.1, -0.05) is 19.9 Å². The second-order valence-electron chi connectivity index (χ2n) is 7.51. The van der Waals surface area contributed by atoms with Crippen molar-refractivity contribution in [2.24, 2.45) is 5.92 Å². The number of hydrogen-bond donors (Lipinski definition) is 2. The molecular formula is C21H25F2N3O4S. The Kier molecular flexibility index (Phi) is 7.53. The van der Waals surface area contributed by atoms with E-state index < -0.39 is 11.3 Å². The van der Waals surface area contributed by atoms with E-state index in [0.717, 1.165) is 5.56 Å². The van der Waals surface area contributed by atoms with E-state index in [2.05, 4.69) is 15.3 Å². The van der Waals surface area contributed by atoms with Crippen molar-refractivity contribution >= 4 is 17.7 Å². The summed E-state index contributed by atoms with van der Waals surface area (Å²) in [6.45, 7) is 6.56. The van der Waals surface area contributed by atoms with Gasteiger partial charge in [-0.25, -0.2) is 4.98 Å².